The highest BCUT2D eigenvalue weighted by Crippen LogP contribution is 2.15. The molecule has 0 saturated heterocycles. The number of hydrogen-bond donors (Lipinski definition) is 1. The summed E-state index contributed by atoms with van der Waals surface area (Å²) in [6.45, 7) is 3.42. The minimum Gasteiger partial charge on any atom is -0.457 e. The van der Waals surface area contributed by atoms with Crippen molar-refractivity contribution in [2.75, 3.05) is 6.61 Å². The average Bonchev–Trinajstić information content (AvgIpc) is 2.90. The zero-order valence-electron chi connectivity index (χ0n) is 14.8. The number of Topliss-reactive ketones (excluding diaryl/α,β-unsaturated/α-hetero) is 1. The lowest BCUT2D eigenvalue weighted by Gasteiger charge is -2.06. The Balaban J connectivity index is 1.70. The summed E-state index contributed by atoms with van der Waals surface area (Å²) in [5, 5.41) is 7.35. The first-order valence-corrected chi connectivity index (χ1v) is 8.16. The number of carbonyl (C=O) groups excluding carboxylic acids is 2. The second kappa shape index (κ2) is 6.95. The van der Waals surface area contributed by atoms with E-state index in [0.717, 1.165) is 11.4 Å². The Morgan fingerprint density at radius 2 is 1.88 bits per heavy atom. The number of nitrogens with one attached hydrogen (secondary N) is 1. The van der Waals surface area contributed by atoms with E-state index >= 15 is 0 Å². The lowest BCUT2D eigenvalue weighted by Crippen LogP contribution is -2.18. The van der Waals surface area contributed by atoms with Gasteiger partial charge in [0.05, 0.1) is 17.5 Å². The maximum atomic E-state index is 12.3. The van der Waals surface area contributed by atoms with Crippen LogP contribution < -0.4 is 5.56 Å². The Morgan fingerprint density at radius 1 is 1.19 bits per heavy atom. The van der Waals surface area contributed by atoms with Gasteiger partial charge in [-0.15, -0.1) is 0 Å². The number of nitrogens with zero attached hydrogens (tertiary/aromatic N) is 2. The van der Waals surface area contributed by atoms with Crippen molar-refractivity contribution in [1.82, 2.24) is 14.8 Å². The molecular formula is C19H19N3O4. The number of ketones is 1. The number of esters is 1. The van der Waals surface area contributed by atoms with Crippen LogP contribution in [0.4, 0.5) is 0 Å². The van der Waals surface area contributed by atoms with Gasteiger partial charge in [-0.05, 0) is 26.0 Å². The van der Waals surface area contributed by atoms with Gasteiger partial charge < -0.3 is 9.30 Å². The molecular weight excluding hydrogens is 334 g/mol. The summed E-state index contributed by atoms with van der Waals surface area (Å²) in [5.74, 6) is -0.827. The first kappa shape index (κ1) is 17.6. The number of aryl methyl sites for hydroxylation is 1. The highest BCUT2D eigenvalue weighted by atomic mass is 16.5. The Hall–Kier alpha value is -3.22. The van der Waals surface area contributed by atoms with E-state index in [9.17, 15) is 14.4 Å². The van der Waals surface area contributed by atoms with Crippen LogP contribution >= 0.6 is 0 Å². The van der Waals surface area contributed by atoms with E-state index in [0.29, 0.717) is 22.0 Å². The van der Waals surface area contributed by atoms with Gasteiger partial charge in [-0.25, -0.2) is 5.10 Å². The van der Waals surface area contributed by atoms with Crippen LogP contribution in [0.3, 0.4) is 0 Å². The van der Waals surface area contributed by atoms with Gasteiger partial charge in [0.2, 0.25) is 5.78 Å². The van der Waals surface area contributed by atoms with Crippen LogP contribution in [0.5, 0.6) is 0 Å². The molecule has 3 rings (SSSR count). The molecule has 0 amide bonds. The van der Waals surface area contributed by atoms with Crippen molar-refractivity contribution >= 4 is 22.5 Å². The lowest BCUT2D eigenvalue weighted by molar-refractivity contribution is -0.141. The zero-order valence-corrected chi connectivity index (χ0v) is 14.8. The van der Waals surface area contributed by atoms with Crippen molar-refractivity contribution in [3.8, 4) is 0 Å². The third-order valence-corrected chi connectivity index (χ3v) is 4.53. The van der Waals surface area contributed by atoms with Crippen LogP contribution in [0, 0.1) is 13.8 Å². The van der Waals surface area contributed by atoms with Gasteiger partial charge in [0.1, 0.15) is 0 Å². The minimum absolute atomic E-state index is 0.128. The van der Waals surface area contributed by atoms with Crippen LogP contribution in [0.15, 0.2) is 35.1 Å². The van der Waals surface area contributed by atoms with E-state index in [-0.39, 0.29) is 24.4 Å². The van der Waals surface area contributed by atoms with Gasteiger partial charge in [-0.3, -0.25) is 14.4 Å². The van der Waals surface area contributed by atoms with Crippen LogP contribution in [0.2, 0.25) is 0 Å². The van der Waals surface area contributed by atoms with E-state index in [1.165, 1.54) is 0 Å². The normalized spacial score (nSPS) is 10.9. The molecule has 0 aliphatic rings. The van der Waals surface area contributed by atoms with Gasteiger partial charge in [0, 0.05) is 29.4 Å². The lowest BCUT2D eigenvalue weighted by atomic mass is 10.1. The molecule has 1 aromatic carbocycles. The molecule has 3 aromatic rings. The summed E-state index contributed by atoms with van der Waals surface area (Å²) < 4.78 is 7.02. The Kier molecular flexibility index (Phi) is 4.71. The predicted molar refractivity (Wildman–Crippen MR) is 96.2 cm³/mol. The van der Waals surface area contributed by atoms with Crippen molar-refractivity contribution in [2.24, 2.45) is 7.05 Å². The highest BCUT2D eigenvalue weighted by molar-refractivity contribution is 5.99. The molecule has 2 heterocycles. The molecule has 134 valence electrons. The standard InChI is InChI=1S/C19H19N3O4/c1-11-8-15(12(2)22(11)3)17(23)10-26-18(24)9-16-13-6-4-5-7-14(13)19(25)21-20-16/h4-8H,9-10H2,1-3H3,(H,21,25). The fourth-order valence-electron chi connectivity index (χ4n) is 2.86. The number of H-pyrrole nitrogens is 1. The summed E-state index contributed by atoms with van der Waals surface area (Å²) in [6.07, 6.45) is -0.128. The molecule has 26 heavy (non-hydrogen) atoms. The second-order valence-electron chi connectivity index (χ2n) is 6.15. The maximum Gasteiger partial charge on any atom is 0.312 e. The molecule has 1 N–H and O–H groups in total. The summed E-state index contributed by atoms with van der Waals surface area (Å²) in [4.78, 5) is 36.2. The first-order chi connectivity index (χ1) is 12.4. The average molecular weight is 353 g/mol. The number of rotatable bonds is 5. The zero-order chi connectivity index (χ0) is 18.8. The molecule has 0 aliphatic heterocycles. The third kappa shape index (κ3) is 3.28. The number of aromatic amines is 1. The molecule has 0 radical (unpaired) electrons. The van der Waals surface area contributed by atoms with Crippen molar-refractivity contribution < 1.29 is 14.3 Å². The molecule has 0 bridgehead atoms. The van der Waals surface area contributed by atoms with E-state index in [1.807, 2.05) is 25.5 Å². The van der Waals surface area contributed by atoms with Gasteiger partial charge in [0.25, 0.3) is 5.56 Å². The summed E-state index contributed by atoms with van der Waals surface area (Å²) in [5.41, 5.74) is 2.43. The van der Waals surface area contributed by atoms with Crippen molar-refractivity contribution in [1.29, 1.82) is 0 Å². The molecule has 0 fully saturated rings. The van der Waals surface area contributed by atoms with Crippen molar-refractivity contribution in [3.63, 3.8) is 0 Å². The fourth-order valence-corrected chi connectivity index (χ4v) is 2.86. The van der Waals surface area contributed by atoms with Gasteiger partial charge >= 0.3 is 5.97 Å². The Labute approximate surface area is 149 Å². The Morgan fingerprint density at radius 3 is 2.54 bits per heavy atom. The van der Waals surface area contributed by atoms with E-state index in [2.05, 4.69) is 10.2 Å². The van der Waals surface area contributed by atoms with Gasteiger partial charge in [-0.2, -0.15) is 5.10 Å². The third-order valence-electron chi connectivity index (χ3n) is 4.53. The maximum absolute atomic E-state index is 12.3. The molecule has 0 spiro atoms. The largest absolute Gasteiger partial charge is 0.457 e. The number of carbonyl (C=O) groups is 2. The van der Waals surface area contributed by atoms with Gasteiger partial charge in [-0.1, -0.05) is 18.2 Å². The smallest absolute Gasteiger partial charge is 0.312 e. The molecule has 0 unspecified atom stereocenters. The molecule has 7 heteroatoms. The SMILES string of the molecule is Cc1cc(C(=O)COC(=O)Cc2n[nH]c(=O)c3ccccc23)c(C)n1C. The quantitative estimate of drug-likeness (QED) is 0.558. The fraction of sp³-hybridized carbons (Fsp3) is 0.263. The predicted octanol–water partition coefficient (Wildman–Crippen LogP) is 1.85. The van der Waals surface area contributed by atoms with Crippen molar-refractivity contribution in [2.45, 2.75) is 20.3 Å². The van der Waals surface area contributed by atoms with Crippen LogP contribution in [-0.2, 0) is 23.0 Å². The molecule has 0 atom stereocenters. The molecule has 0 saturated carbocycles. The summed E-state index contributed by atoms with van der Waals surface area (Å²) in [7, 11) is 1.88. The number of aromatic nitrogens is 3. The van der Waals surface area contributed by atoms with E-state index in [1.54, 1.807) is 30.3 Å². The monoisotopic (exact) mass is 353 g/mol. The number of hydrogen-bond acceptors (Lipinski definition) is 5. The topological polar surface area (TPSA) is 94.1 Å². The van der Waals surface area contributed by atoms with Gasteiger partial charge in [0.15, 0.2) is 6.61 Å². The van der Waals surface area contributed by atoms with Crippen molar-refractivity contribution in [3.05, 3.63) is 63.3 Å². The number of benzene rings is 1. The summed E-state index contributed by atoms with van der Waals surface area (Å²) >= 11 is 0. The number of ether oxygens (including phenoxy) is 1. The van der Waals surface area contributed by atoms with Crippen LogP contribution in [-0.4, -0.2) is 33.1 Å². The summed E-state index contributed by atoms with van der Waals surface area (Å²) in [6, 6.07) is 8.67. The van der Waals surface area contributed by atoms with E-state index in [4.69, 9.17) is 4.74 Å². The number of fused-ring (bicyclic) bond motifs is 1. The van der Waals surface area contributed by atoms with E-state index < -0.39 is 5.97 Å². The Bertz CT molecular complexity index is 1060. The van der Waals surface area contributed by atoms with Crippen LogP contribution in [0.1, 0.15) is 27.4 Å². The molecule has 7 nitrogen and oxygen atoms in total. The first-order valence-electron chi connectivity index (χ1n) is 8.16. The second-order valence-corrected chi connectivity index (χ2v) is 6.15. The highest BCUT2D eigenvalue weighted by Gasteiger charge is 2.17. The molecule has 0 aliphatic carbocycles. The molecule has 2 aromatic heterocycles. The minimum atomic E-state index is -0.576. The van der Waals surface area contributed by atoms with Crippen LogP contribution in [0.25, 0.3) is 10.8 Å².